The molecule has 2 aliphatic heterocycles. The molecule has 3 rings (SSSR count). The number of halogens is 1. The van der Waals surface area contributed by atoms with E-state index in [1.54, 1.807) is 0 Å². The van der Waals surface area contributed by atoms with E-state index in [1.807, 2.05) is 12.1 Å². The minimum Gasteiger partial charge on any atom is -0.368 e. The number of anilines is 1. The first-order valence-corrected chi connectivity index (χ1v) is 10.8. The lowest BCUT2D eigenvalue weighted by molar-refractivity contribution is 0.143. The van der Waals surface area contributed by atoms with Gasteiger partial charge < -0.3 is 20.0 Å². The Morgan fingerprint density at radius 2 is 1.86 bits per heavy atom. The zero-order valence-electron chi connectivity index (χ0n) is 17.7. The number of aliphatic imine (C=N–C) groups is 1. The summed E-state index contributed by atoms with van der Waals surface area (Å²) in [5.74, 6) is 1.52. The first kappa shape index (κ1) is 20.9. The van der Waals surface area contributed by atoms with Crippen LogP contribution in [-0.4, -0.2) is 74.2 Å². The van der Waals surface area contributed by atoms with E-state index in [4.69, 9.17) is 4.99 Å². The summed E-state index contributed by atoms with van der Waals surface area (Å²) >= 11 is 0. The molecule has 0 aromatic heterocycles. The molecule has 0 saturated carbocycles. The molecule has 6 heteroatoms. The van der Waals surface area contributed by atoms with Gasteiger partial charge in [-0.1, -0.05) is 0 Å². The molecule has 2 saturated heterocycles. The Morgan fingerprint density at radius 3 is 2.50 bits per heavy atom. The van der Waals surface area contributed by atoms with Crippen molar-refractivity contribution in [1.29, 1.82) is 0 Å². The van der Waals surface area contributed by atoms with Gasteiger partial charge in [-0.2, -0.15) is 0 Å². The van der Waals surface area contributed by atoms with Crippen molar-refractivity contribution >= 4 is 11.6 Å². The summed E-state index contributed by atoms with van der Waals surface area (Å²) in [4.78, 5) is 12.3. The highest BCUT2D eigenvalue weighted by Gasteiger charge is 2.23. The average molecular weight is 390 g/mol. The van der Waals surface area contributed by atoms with Crippen molar-refractivity contribution in [3.63, 3.8) is 0 Å². The van der Waals surface area contributed by atoms with Gasteiger partial charge in [0.15, 0.2) is 5.96 Å². The summed E-state index contributed by atoms with van der Waals surface area (Å²) in [6.45, 7) is 14.6. The highest BCUT2D eigenvalue weighted by molar-refractivity contribution is 5.80. The first-order valence-electron chi connectivity index (χ1n) is 10.8. The molecule has 0 bridgehead atoms. The quantitative estimate of drug-likeness (QED) is 0.620. The molecule has 1 aromatic carbocycles. The molecule has 2 aliphatic rings. The maximum absolute atomic E-state index is 13.2. The second-order valence-corrected chi connectivity index (χ2v) is 8.24. The van der Waals surface area contributed by atoms with Crippen LogP contribution in [0.3, 0.4) is 0 Å². The van der Waals surface area contributed by atoms with Gasteiger partial charge in [0, 0.05) is 57.5 Å². The van der Waals surface area contributed by atoms with Gasteiger partial charge in [0.1, 0.15) is 5.82 Å². The van der Waals surface area contributed by atoms with Crippen LogP contribution in [0, 0.1) is 11.7 Å². The Balaban J connectivity index is 1.55. The van der Waals surface area contributed by atoms with Crippen LogP contribution in [-0.2, 0) is 0 Å². The molecular formula is C22H36FN5. The fourth-order valence-corrected chi connectivity index (χ4v) is 4.19. The molecule has 5 nitrogen and oxygen atoms in total. The molecule has 2 heterocycles. The predicted molar refractivity (Wildman–Crippen MR) is 116 cm³/mol. The van der Waals surface area contributed by atoms with E-state index in [0.29, 0.717) is 12.0 Å². The van der Waals surface area contributed by atoms with Crippen molar-refractivity contribution < 1.29 is 4.39 Å². The van der Waals surface area contributed by atoms with Gasteiger partial charge in [0.25, 0.3) is 0 Å². The topological polar surface area (TPSA) is 34.1 Å². The zero-order valence-corrected chi connectivity index (χ0v) is 17.7. The van der Waals surface area contributed by atoms with Crippen molar-refractivity contribution in [3.05, 3.63) is 30.1 Å². The van der Waals surface area contributed by atoms with E-state index in [0.717, 1.165) is 50.9 Å². The molecule has 1 atom stereocenters. The van der Waals surface area contributed by atoms with Crippen molar-refractivity contribution in [2.75, 3.05) is 57.3 Å². The smallest absolute Gasteiger partial charge is 0.194 e. The lowest BCUT2D eigenvalue weighted by Crippen LogP contribution is -2.52. The Labute approximate surface area is 169 Å². The summed E-state index contributed by atoms with van der Waals surface area (Å²) in [7, 11) is 0. The van der Waals surface area contributed by atoms with Crippen LogP contribution in [0.5, 0.6) is 0 Å². The SMILES string of the molecule is CCNC(=NCC1CCCN(C(C)C)C1)N1CCN(c2ccc(F)cc2)CC1. The summed E-state index contributed by atoms with van der Waals surface area (Å²) in [5, 5.41) is 3.48. The molecule has 0 radical (unpaired) electrons. The van der Waals surface area contributed by atoms with Crippen LogP contribution >= 0.6 is 0 Å². The van der Waals surface area contributed by atoms with Crippen molar-refractivity contribution in [3.8, 4) is 0 Å². The van der Waals surface area contributed by atoms with Gasteiger partial charge in [-0.15, -0.1) is 0 Å². The molecule has 0 amide bonds. The fourth-order valence-electron chi connectivity index (χ4n) is 4.19. The third kappa shape index (κ3) is 5.60. The van der Waals surface area contributed by atoms with Gasteiger partial charge in [-0.3, -0.25) is 4.99 Å². The number of piperazine rings is 1. The minimum atomic E-state index is -0.178. The summed E-state index contributed by atoms with van der Waals surface area (Å²) < 4.78 is 13.2. The van der Waals surface area contributed by atoms with Crippen molar-refractivity contribution in [2.24, 2.45) is 10.9 Å². The van der Waals surface area contributed by atoms with Crippen LogP contribution in [0.4, 0.5) is 10.1 Å². The second-order valence-electron chi connectivity index (χ2n) is 8.24. The van der Waals surface area contributed by atoms with Gasteiger partial charge in [-0.25, -0.2) is 4.39 Å². The molecule has 0 spiro atoms. The highest BCUT2D eigenvalue weighted by Crippen LogP contribution is 2.20. The Morgan fingerprint density at radius 1 is 1.14 bits per heavy atom. The van der Waals surface area contributed by atoms with E-state index in [1.165, 1.54) is 38.1 Å². The maximum Gasteiger partial charge on any atom is 0.194 e. The van der Waals surface area contributed by atoms with E-state index >= 15 is 0 Å². The predicted octanol–water partition coefficient (Wildman–Crippen LogP) is 3.03. The fraction of sp³-hybridized carbons (Fsp3) is 0.682. The number of rotatable bonds is 5. The van der Waals surface area contributed by atoms with Crippen LogP contribution in [0.15, 0.2) is 29.3 Å². The molecule has 2 fully saturated rings. The van der Waals surface area contributed by atoms with Crippen LogP contribution in [0.2, 0.25) is 0 Å². The van der Waals surface area contributed by atoms with E-state index in [-0.39, 0.29) is 5.82 Å². The van der Waals surface area contributed by atoms with Crippen LogP contribution in [0.25, 0.3) is 0 Å². The lowest BCUT2D eigenvalue weighted by atomic mass is 9.97. The van der Waals surface area contributed by atoms with Gasteiger partial charge >= 0.3 is 0 Å². The molecule has 156 valence electrons. The van der Waals surface area contributed by atoms with Gasteiger partial charge in [0.2, 0.25) is 0 Å². The number of hydrogen-bond acceptors (Lipinski definition) is 3. The summed E-state index contributed by atoms with van der Waals surface area (Å²) in [5.41, 5.74) is 1.10. The molecule has 0 aliphatic carbocycles. The second kappa shape index (κ2) is 10.1. The third-order valence-corrected chi connectivity index (χ3v) is 5.89. The number of hydrogen-bond donors (Lipinski definition) is 1. The van der Waals surface area contributed by atoms with Crippen LogP contribution < -0.4 is 10.2 Å². The summed E-state index contributed by atoms with van der Waals surface area (Å²) in [6, 6.07) is 7.44. The third-order valence-electron chi connectivity index (χ3n) is 5.89. The number of nitrogens with zero attached hydrogens (tertiary/aromatic N) is 4. The largest absolute Gasteiger partial charge is 0.368 e. The van der Waals surface area contributed by atoms with E-state index in [9.17, 15) is 4.39 Å². The molecule has 1 aromatic rings. The van der Waals surface area contributed by atoms with Crippen molar-refractivity contribution in [1.82, 2.24) is 15.1 Å². The number of likely N-dealkylation sites (tertiary alicyclic amines) is 1. The number of nitrogens with one attached hydrogen (secondary N) is 1. The Bertz CT molecular complexity index is 622. The van der Waals surface area contributed by atoms with Crippen LogP contribution in [0.1, 0.15) is 33.6 Å². The Hall–Kier alpha value is -1.82. The number of benzene rings is 1. The van der Waals surface area contributed by atoms with E-state index in [2.05, 4.69) is 40.8 Å². The standard InChI is InChI=1S/C22H36FN5/c1-4-24-22(25-16-19-6-5-11-28(17-19)18(2)3)27-14-12-26(13-15-27)21-9-7-20(23)8-10-21/h7-10,18-19H,4-6,11-17H2,1-3H3,(H,24,25). The van der Waals surface area contributed by atoms with E-state index < -0.39 is 0 Å². The monoisotopic (exact) mass is 389 g/mol. The number of guanidine groups is 1. The molecule has 1 unspecified atom stereocenters. The number of piperidine rings is 1. The highest BCUT2D eigenvalue weighted by atomic mass is 19.1. The maximum atomic E-state index is 13.2. The molecular weight excluding hydrogens is 353 g/mol. The normalized spacial score (nSPS) is 22.0. The zero-order chi connectivity index (χ0) is 19.9. The van der Waals surface area contributed by atoms with Gasteiger partial charge in [0.05, 0.1) is 0 Å². The Kier molecular flexibility index (Phi) is 7.54. The first-order chi connectivity index (χ1) is 13.6. The van der Waals surface area contributed by atoms with Crippen molar-refractivity contribution in [2.45, 2.75) is 39.7 Å². The summed E-state index contributed by atoms with van der Waals surface area (Å²) in [6.07, 6.45) is 2.57. The van der Waals surface area contributed by atoms with Gasteiger partial charge in [-0.05, 0) is 70.3 Å². The lowest BCUT2D eigenvalue weighted by Gasteiger charge is -2.38. The molecule has 1 N–H and O–H groups in total. The molecule has 28 heavy (non-hydrogen) atoms. The average Bonchev–Trinajstić information content (AvgIpc) is 2.72. The minimum absolute atomic E-state index is 0.178.